The van der Waals surface area contributed by atoms with Gasteiger partial charge in [0, 0.05) is 15.0 Å². The second kappa shape index (κ2) is 4.75. The van der Waals surface area contributed by atoms with Gasteiger partial charge in [-0.25, -0.2) is 4.79 Å². The van der Waals surface area contributed by atoms with Crippen LogP contribution in [0.4, 0.5) is 0 Å². The molecule has 0 amide bonds. The van der Waals surface area contributed by atoms with E-state index in [0.717, 1.165) is 16.5 Å². The van der Waals surface area contributed by atoms with Gasteiger partial charge in [-0.2, -0.15) is 0 Å². The van der Waals surface area contributed by atoms with E-state index in [2.05, 4.69) is 13.8 Å². The summed E-state index contributed by atoms with van der Waals surface area (Å²) in [5.41, 5.74) is 1.20. The fraction of sp³-hybridized carbons (Fsp3) is 0.308. The number of aliphatic carboxylic acids is 1. The van der Waals surface area contributed by atoms with Crippen LogP contribution in [0, 0.1) is 6.92 Å². The lowest BCUT2D eigenvalue weighted by Gasteiger charge is -2.05. The molecule has 0 aliphatic rings. The Morgan fingerprint density at radius 3 is 2.88 bits per heavy atom. The summed E-state index contributed by atoms with van der Waals surface area (Å²) in [6, 6.07) is 5.76. The summed E-state index contributed by atoms with van der Waals surface area (Å²) in [7, 11) is 0. The standard InChI is InChI=1S/C13H14O3S/c1-3-10-8(2)13-9(16-7-12(14)15)5-4-6-11(13)17-10/h4-6H,3,7H2,1-2H3,(H,14,15). The first-order valence-corrected chi connectivity index (χ1v) is 6.30. The third-order valence-corrected chi connectivity index (χ3v) is 4.09. The number of carboxylic acid groups (broad SMARTS) is 1. The van der Waals surface area contributed by atoms with Crippen molar-refractivity contribution in [1.82, 2.24) is 0 Å². The number of thiophene rings is 1. The van der Waals surface area contributed by atoms with Gasteiger partial charge in [-0.15, -0.1) is 11.3 Å². The predicted molar refractivity (Wildman–Crippen MR) is 69.1 cm³/mol. The van der Waals surface area contributed by atoms with E-state index in [4.69, 9.17) is 9.84 Å². The molecule has 0 spiro atoms. The van der Waals surface area contributed by atoms with Crippen LogP contribution in [0.25, 0.3) is 10.1 Å². The molecule has 0 saturated heterocycles. The summed E-state index contributed by atoms with van der Waals surface area (Å²) in [6.07, 6.45) is 0.990. The van der Waals surface area contributed by atoms with Gasteiger partial charge in [0.2, 0.25) is 0 Å². The first-order valence-electron chi connectivity index (χ1n) is 5.49. The zero-order valence-electron chi connectivity index (χ0n) is 9.82. The maximum atomic E-state index is 10.5. The van der Waals surface area contributed by atoms with Gasteiger partial charge in [0.25, 0.3) is 0 Å². The van der Waals surface area contributed by atoms with Crippen molar-refractivity contribution in [1.29, 1.82) is 0 Å². The molecule has 0 bridgehead atoms. The molecule has 3 nitrogen and oxygen atoms in total. The molecule has 0 atom stereocenters. The molecule has 4 heteroatoms. The van der Waals surface area contributed by atoms with Crippen LogP contribution in [0.3, 0.4) is 0 Å². The van der Waals surface area contributed by atoms with Gasteiger partial charge in [0.1, 0.15) is 5.75 Å². The quantitative estimate of drug-likeness (QED) is 0.906. The lowest BCUT2D eigenvalue weighted by molar-refractivity contribution is -0.139. The van der Waals surface area contributed by atoms with E-state index in [1.54, 1.807) is 11.3 Å². The van der Waals surface area contributed by atoms with E-state index in [0.29, 0.717) is 5.75 Å². The number of carboxylic acids is 1. The highest BCUT2D eigenvalue weighted by molar-refractivity contribution is 7.19. The highest BCUT2D eigenvalue weighted by Crippen LogP contribution is 2.37. The Balaban J connectivity index is 2.48. The number of fused-ring (bicyclic) bond motifs is 1. The minimum atomic E-state index is -0.953. The Morgan fingerprint density at radius 1 is 1.47 bits per heavy atom. The van der Waals surface area contributed by atoms with Crippen molar-refractivity contribution < 1.29 is 14.6 Å². The second-order valence-electron chi connectivity index (χ2n) is 3.82. The third-order valence-electron chi connectivity index (χ3n) is 2.69. The van der Waals surface area contributed by atoms with E-state index < -0.39 is 5.97 Å². The van der Waals surface area contributed by atoms with Crippen LogP contribution in [0.2, 0.25) is 0 Å². The molecular formula is C13H14O3S. The predicted octanol–water partition coefficient (Wildman–Crippen LogP) is 3.24. The van der Waals surface area contributed by atoms with E-state index in [1.165, 1.54) is 10.4 Å². The van der Waals surface area contributed by atoms with Gasteiger partial charge in [-0.3, -0.25) is 0 Å². The van der Waals surface area contributed by atoms with Crippen molar-refractivity contribution >= 4 is 27.4 Å². The lowest BCUT2D eigenvalue weighted by Crippen LogP contribution is -2.09. The maximum Gasteiger partial charge on any atom is 0.341 e. The number of hydrogen-bond acceptors (Lipinski definition) is 3. The molecule has 0 saturated carbocycles. The highest BCUT2D eigenvalue weighted by atomic mass is 32.1. The molecular weight excluding hydrogens is 236 g/mol. The molecule has 1 N–H and O–H groups in total. The summed E-state index contributed by atoms with van der Waals surface area (Å²) >= 11 is 1.74. The molecule has 0 unspecified atom stereocenters. The summed E-state index contributed by atoms with van der Waals surface area (Å²) < 4.78 is 6.48. The van der Waals surface area contributed by atoms with Crippen LogP contribution in [0.5, 0.6) is 5.75 Å². The largest absolute Gasteiger partial charge is 0.481 e. The number of rotatable bonds is 4. The van der Waals surface area contributed by atoms with Crippen LogP contribution < -0.4 is 4.74 Å². The van der Waals surface area contributed by atoms with Crippen LogP contribution >= 0.6 is 11.3 Å². The monoisotopic (exact) mass is 250 g/mol. The van der Waals surface area contributed by atoms with Crippen molar-refractivity contribution in [3.05, 3.63) is 28.6 Å². The number of benzene rings is 1. The molecule has 0 aliphatic carbocycles. The molecule has 90 valence electrons. The van der Waals surface area contributed by atoms with E-state index in [1.807, 2.05) is 18.2 Å². The normalized spacial score (nSPS) is 10.7. The first-order chi connectivity index (χ1) is 8.13. The SMILES string of the molecule is CCc1sc2cccc(OCC(=O)O)c2c1C. The number of aryl methyl sites for hydroxylation is 2. The zero-order chi connectivity index (χ0) is 12.4. The van der Waals surface area contributed by atoms with Gasteiger partial charge in [0.05, 0.1) is 0 Å². The lowest BCUT2D eigenvalue weighted by atomic mass is 10.1. The second-order valence-corrected chi connectivity index (χ2v) is 4.95. The Bertz CT molecular complexity index is 557. The topological polar surface area (TPSA) is 46.5 Å². The molecule has 2 rings (SSSR count). The van der Waals surface area contributed by atoms with Crippen LogP contribution in [0.15, 0.2) is 18.2 Å². The molecule has 1 aromatic carbocycles. The van der Waals surface area contributed by atoms with Crippen molar-refractivity contribution in [3.8, 4) is 5.75 Å². The minimum absolute atomic E-state index is 0.296. The van der Waals surface area contributed by atoms with E-state index >= 15 is 0 Å². The van der Waals surface area contributed by atoms with Gasteiger partial charge < -0.3 is 9.84 Å². The molecule has 0 aliphatic heterocycles. The fourth-order valence-corrected chi connectivity index (χ4v) is 3.08. The van der Waals surface area contributed by atoms with Crippen molar-refractivity contribution in [2.75, 3.05) is 6.61 Å². The Kier molecular flexibility index (Phi) is 3.33. The number of carbonyl (C=O) groups is 1. The fourth-order valence-electron chi connectivity index (χ4n) is 1.91. The van der Waals surface area contributed by atoms with E-state index in [9.17, 15) is 4.79 Å². The minimum Gasteiger partial charge on any atom is -0.481 e. The Morgan fingerprint density at radius 2 is 2.24 bits per heavy atom. The van der Waals surface area contributed by atoms with Crippen LogP contribution in [-0.4, -0.2) is 17.7 Å². The van der Waals surface area contributed by atoms with Crippen molar-refractivity contribution in [2.24, 2.45) is 0 Å². The average Bonchev–Trinajstić information content (AvgIpc) is 2.64. The van der Waals surface area contributed by atoms with Gasteiger partial charge in [-0.05, 0) is 31.0 Å². The molecule has 0 fully saturated rings. The summed E-state index contributed by atoms with van der Waals surface area (Å²) in [6.45, 7) is 3.89. The smallest absolute Gasteiger partial charge is 0.341 e. The molecule has 2 aromatic rings. The third kappa shape index (κ3) is 2.26. The summed E-state index contributed by atoms with van der Waals surface area (Å²) in [5, 5.41) is 9.70. The van der Waals surface area contributed by atoms with Gasteiger partial charge in [-0.1, -0.05) is 13.0 Å². The number of hydrogen-bond donors (Lipinski definition) is 1. The van der Waals surface area contributed by atoms with Gasteiger partial charge >= 0.3 is 5.97 Å². The van der Waals surface area contributed by atoms with Crippen LogP contribution in [0.1, 0.15) is 17.4 Å². The van der Waals surface area contributed by atoms with Crippen molar-refractivity contribution in [2.45, 2.75) is 20.3 Å². The maximum absolute atomic E-state index is 10.5. The van der Waals surface area contributed by atoms with Crippen molar-refractivity contribution in [3.63, 3.8) is 0 Å². The molecule has 17 heavy (non-hydrogen) atoms. The van der Waals surface area contributed by atoms with E-state index in [-0.39, 0.29) is 6.61 Å². The Labute approximate surface area is 104 Å². The number of ether oxygens (including phenoxy) is 1. The Hall–Kier alpha value is -1.55. The van der Waals surface area contributed by atoms with Crippen LogP contribution in [-0.2, 0) is 11.2 Å². The summed E-state index contributed by atoms with van der Waals surface area (Å²) in [4.78, 5) is 11.9. The first kappa shape index (κ1) is 11.9. The molecule has 0 radical (unpaired) electrons. The molecule has 1 aromatic heterocycles. The average molecular weight is 250 g/mol. The summed E-state index contributed by atoms with van der Waals surface area (Å²) in [5.74, 6) is -0.288. The molecule has 1 heterocycles. The van der Waals surface area contributed by atoms with Gasteiger partial charge in [0.15, 0.2) is 6.61 Å². The highest BCUT2D eigenvalue weighted by Gasteiger charge is 2.12. The zero-order valence-corrected chi connectivity index (χ0v) is 10.6.